The predicted octanol–water partition coefficient (Wildman–Crippen LogP) is 1.25. The number of aliphatic hydroxyl groups excluding tert-OH is 1. The van der Waals surface area contributed by atoms with Crippen molar-refractivity contribution >= 4 is 29.0 Å². The van der Waals surface area contributed by atoms with Crippen LogP contribution in [0, 0.1) is 11.2 Å². The minimum Gasteiger partial charge on any atom is -0.481 e. The molecule has 3 N–H and O–H groups in total. The van der Waals surface area contributed by atoms with Crippen molar-refractivity contribution in [3.8, 4) is 11.8 Å². The zero-order valence-electron chi connectivity index (χ0n) is 18.7. The van der Waals surface area contributed by atoms with E-state index in [1.807, 2.05) is 0 Å². The van der Waals surface area contributed by atoms with Crippen LogP contribution in [0.25, 0.3) is 11.0 Å². The van der Waals surface area contributed by atoms with Gasteiger partial charge in [0.25, 0.3) is 11.8 Å². The number of hydrogen-bond acceptors (Lipinski definition) is 11. The number of pyridine rings is 2. The monoisotopic (exact) mass is 486 g/mol. The number of amides is 1. The molecule has 0 bridgehead atoms. The Labute approximate surface area is 199 Å². The summed E-state index contributed by atoms with van der Waals surface area (Å²) in [6.45, 7) is 1.01. The first-order chi connectivity index (χ1) is 17.0. The Morgan fingerprint density at radius 3 is 2.83 bits per heavy atom. The molecule has 0 saturated carbocycles. The largest absolute Gasteiger partial charge is 0.481 e. The molecule has 0 radical (unpaired) electrons. The summed E-state index contributed by atoms with van der Waals surface area (Å²) in [5.74, 6) is 0.148. The summed E-state index contributed by atoms with van der Waals surface area (Å²) in [6, 6.07) is 3.35. The van der Waals surface area contributed by atoms with Gasteiger partial charge in [0.1, 0.15) is 17.6 Å². The number of carbonyl (C=O) groups is 1. The van der Waals surface area contributed by atoms with Gasteiger partial charge in [0.2, 0.25) is 5.88 Å². The first-order valence-electron chi connectivity index (χ1n) is 10.7. The molecule has 1 fully saturated rings. The second-order valence-electron chi connectivity index (χ2n) is 7.47. The van der Waals surface area contributed by atoms with Gasteiger partial charge < -0.3 is 34.8 Å². The Morgan fingerprint density at radius 2 is 2.09 bits per heavy atom. The number of methoxy groups -OCH3 is 1. The van der Waals surface area contributed by atoms with Crippen molar-refractivity contribution in [1.29, 1.82) is 5.41 Å². The van der Waals surface area contributed by atoms with Crippen LogP contribution in [0.3, 0.4) is 0 Å². The molecule has 2 aliphatic heterocycles. The van der Waals surface area contributed by atoms with Crippen molar-refractivity contribution in [1.82, 2.24) is 19.9 Å². The molecule has 0 spiro atoms. The molecule has 12 nitrogen and oxygen atoms in total. The topological polar surface area (TPSA) is 162 Å². The summed E-state index contributed by atoms with van der Waals surface area (Å²) in [4.78, 5) is 26.9. The van der Waals surface area contributed by atoms with Crippen LogP contribution < -0.4 is 14.8 Å². The number of carbonyl (C=O) groups excluding carboxylic acids is 1. The van der Waals surface area contributed by atoms with E-state index < -0.39 is 18.2 Å². The SMILES string of the molecule is COc1ccc2ncc(F)c(CC(O)C3OCCCO3)c2n1.N=Cc1cnc2c(n1)NC(=O)CO2. The van der Waals surface area contributed by atoms with Crippen molar-refractivity contribution in [2.45, 2.75) is 25.2 Å². The highest BCUT2D eigenvalue weighted by Crippen LogP contribution is 2.24. The average Bonchev–Trinajstić information content (AvgIpc) is 2.90. The number of halogens is 1. The first-order valence-corrected chi connectivity index (χ1v) is 10.7. The fourth-order valence-electron chi connectivity index (χ4n) is 3.37. The van der Waals surface area contributed by atoms with Crippen molar-refractivity contribution < 1.29 is 33.2 Å². The van der Waals surface area contributed by atoms with Gasteiger partial charge in [-0.1, -0.05) is 0 Å². The maximum atomic E-state index is 14.1. The molecule has 3 aromatic heterocycles. The molecule has 1 atom stereocenters. The summed E-state index contributed by atoms with van der Waals surface area (Å²) in [5, 5.41) is 19.7. The lowest BCUT2D eigenvalue weighted by Gasteiger charge is -2.27. The van der Waals surface area contributed by atoms with Crippen LogP contribution in [0.5, 0.6) is 11.8 Å². The van der Waals surface area contributed by atoms with Crippen molar-refractivity contribution in [3.63, 3.8) is 0 Å². The van der Waals surface area contributed by atoms with Gasteiger partial charge >= 0.3 is 0 Å². The van der Waals surface area contributed by atoms with Crippen LogP contribution >= 0.6 is 0 Å². The van der Waals surface area contributed by atoms with Crippen molar-refractivity contribution in [3.05, 3.63) is 41.6 Å². The Hall–Kier alpha value is -3.81. The van der Waals surface area contributed by atoms with E-state index in [9.17, 15) is 14.3 Å². The average molecular weight is 486 g/mol. The van der Waals surface area contributed by atoms with E-state index in [1.165, 1.54) is 13.3 Å². The van der Waals surface area contributed by atoms with Crippen molar-refractivity contribution in [2.75, 3.05) is 32.2 Å². The Bertz CT molecular complexity index is 1220. The lowest BCUT2D eigenvalue weighted by Crippen LogP contribution is -2.37. The lowest BCUT2D eigenvalue weighted by atomic mass is 10.1. The van der Waals surface area contributed by atoms with Crippen LogP contribution in [0.4, 0.5) is 10.2 Å². The number of nitrogens with one attached hydrogen (secondary N) is 2. The molecule has 5 heterocycles. The van der Waals surface area contributed by atoms with Gasteiger partial charge in [-0.3, -0.25) is 9.78 Å². The van der Waals surface area contributed by atoms with Crippen LogP contribution in [-0.2, 0) is 20.7 Å². The van der Waals surface area contributed by atoms with Gasteiger partial charge in [-0.15, -0.1) is 0 Å². The van der Waals surface area contributed by atoms with E-state index in [0.717, 1.165) is 18.8 Å². The van der Waals surface area contributed by atoms with Gasteiger partial charge in [0, 0.05) is 24.3 Å². The molecule has 5 rings (SSSR count). The summed E-state index contributed by atoms with van der Waals surface area (Å²) in [6.07, 6.45) is 2.67. The molecule has 184 valence electrons. The van der Waals surface area contributed by atoms with Gasteiger partial charge in [-0.05, 0) is 12.5 Å². The van der Waals surface area contributed by atoms with Crippen LogP contribution in [0.15, 0.2) is 24.5 Å². The van der Waals surface area contributed by atoms with E-state index in [2.05, 4.69) is 25.3 Å². The maximum Gasteiger partial charge on any atom is 0.263 e. The zero-order chi connectivity index (χ0) is 24.8. The Kier molecular flexibility index (Phi) is 7.70. The molecular weight excluding hydrogens is 463 g/mol. The first kappa shape index (κ1) is 24.3. The van der Waals surface area contributed by atoms with Gasteiger partial charge in [-0.2, -0.15) is 0 Å². The molecule has 3 aromatic rings. The molecule has 1 amide bonds. The summed E-state index contributed by atoms with van der Waals surface area (Å²) in [7, 11) is 1.49. The molecule has 1 saturated heterocycles. The number of ether oxygens (including phenoxy) is 4. The summed E-state index contributed by atoms with van der Waals surface area (Å²) >= 11 is 0. The Balaban J connectivity index is 0.000000189. The van der Waals surface area contributed by atoms with Gasteiger partial charge in [0.15, 0.2) is 18.7 Å². The number of nitrogens with zero attached hydrogens (tertiary/aromatic N) is 4. The third kappa shape index (κ3) is 5.82. The van der Waals surface area contributed by atoms with E-state index in [-0.39, 0.29) is 30.3 Å². The lowest BCUT2D eigenvalue weighted by molar-refractivity contribution is -0.222. The molecule has 1 unspecified atom stereocenters. The number of hydrogen-bond donors (Lipinski definition) is 3. The van der Waals surface area contributed by atoms with Crippen LogP contribution in [0.1, 0.15) is 17.7 Å². The van der Waals surface area contributed by atoms with Gasteiger partial charge in [-0.25, -0.2) is 19.3 Å². The minimum atomic E-state index is -0.978. The minimum absolute atomic E-state index is 0.0235. The third-order valence-corrected chi connectivity index (χ3v) is 5.03. The predicted molar refractivity (Wildman–Crippen MR) is 120 cm³/mol. The number of aliphatic hydroxyl groups is 1. The normalized spacial score (nSPS) is 16.3. The molecule has 0 aliphatic carbocycles. The zero-order valence-corrected chi connectivity index (χ0v) is 18.7. The molecule has 13 heteroatoms. The second kappa shape index (κ2) is 11.1. The van der Waals surface area contributed by atoms with E-state index in [4.69, 9.17) is 24.4 Å². The highest BCUT2D eigenvalue weighted by molar-refractivity contribution is 5.94. The smallest absolute Gasteiger partial charge is 0.263 e. The molecule has 0 aromatic carbocycles. The highest BCUT2D eigenvalue weighted by Gasteiger charge is 2.26. The van der Waals surface area contributed by atoms with Gasteiger partial charge in [0.05, 0.1) is 43.8 Å². The maximum absolute atomic E-state index is 14.1. The fraction of sp³-hybridized carbons (Fsp3) is 0.364. The molecule has 2 aliphatic rings. The Morgan fingerprint density at radius 1 is 1.29 bits per heavy atom. The summed E-state index contributed by atoms with van der Waals surface area (Å²) in [5.41, 5.74) is 1.56. The van der Waals surface area contributed by atoms with E-state index in [1.54, 1.807) is 12.1 Å². The van der Waals surface area contributed by atoms with Crippen LogP contribution in [-0.4, -0.2) is 76.5 Å². The third-order valence-electron chi connectivity index (χ3n) is 5.03. The number of fused-ring (bicyclic) bond motifs is 2. The van der Waals surface area contributed by atoms with E-state index >= 15 is 0 Å². The number of rotatable bonds is 5. The van der Waals surface area contributed by atoms with Crippen molar-refractivity contribution in [2.24, 2.45) is 0 Å². The second-order valence-corrected chi connectivity index (χ2v) is 7.47. The number of anilines is 1. The standard InChI is InChI=1S/C15H17FN2O4.C7H6N4O2/c1-20-13-4-3-11-14(18-13)9(10(16)8-17-11)7-12(19)15-21-5-2-6-22-15;8-1-4-2-9-7-6(10-4)11-5(12)3-13-7/h3-4,8,12,15,19H,2,5-7H2,1H3;1-2,8H,3H2,(H,10,11,12). The number of aromatic nitrogens is 4. The van der Waals surface area contributed by atoms with Crippen LogP contribution in [0.2, 0.25) is 0 Å². The highest BCUT2D eigenvalue weighted by atomic mass is 19.1. The summed E-state index contributed by atoms with van der Waals surface area (Å²) < 4.78 is 34.9. The molecular formula is C22H23FN6O6. The van der Waals surface area contributed by atoms with E-state index in [0.29, 0.717) is 41.7 Å². The molecule has 35 heavy (non-hydrogen) atoms. The quantitative estimate of drug-likeness (QED) is 0.448. The fourth-order valence-corrected chi connectivity index (χ4v) is 3.37.